The monoisotopic (exact) mass is 602 g/mol. The van der Waals surface area contributed by atoms with E-state index in [2.05, 4.69) is 58.9 Å². The maximum absolute atomic E-state index is 12.3. The Balaban J connectivity index is 2.29. The molecule has 0 radical (unpaired) electrons. The normalized spacial score (nSPS) is 26.5. The van der Waals surface area contributed by atoms with Crippen molar-refractivity contribution in [3.8, 4) is 0 Å². The third-order valence-electron chi connectivity index (χ3n) is 7.26. The molecule has 10 heteroatoms. The van der Waals surface area contributed by atoms with Gasteiger partial charge in [-0.25, -0.2) is 4.57 Å². The van der Waals surface area contributed by atoms with Gasteiger partial charge in [-0.2, -0.15) is 0 Å². The molecule has 0 spiro atoms. The Kier molecular flexibility index (Phi) is 18.4. The van der Waals surface area contributed by atoms with Crippen LogP contribution in [0.15, 0.2) is 46.6 Å². The first-order valence-electron chi connectivity index (χ1n) is 14.8. The molecule has 0 saturated carbocycles. The zero-order valence-corrected chi connectivity index (χ0v) is 26.8. The molecule has 9 nitrogen and oxygen atoms in total. The fourth-order valence-corrected chi connectivity index (χ4v) is 5.27. The lowest BCUT2D eigenvalue weighted by Gasteiger charge is -2.39. The highest BCUT2D eigenvalue weighted by Gasteiger charge is 2.46. The Bertz CT molecular complexity index is 921. The molecule has 238 valence electrons. The summed E-state index contributed by atoms with van der Waals surface area (Å²) in [4.78, 5) is 9.99. The standard InChI is InChI=1S/C31H55O9P/c1-22(2)11-7-12-23(3)13-8-14-24(4)15-9-16-25(5)17-10-18-26(6)19-20-38-41(36,37)40-31-30(35)29(34)28(33)27(21-32)39-31/h11,13,15,17,26-35H,7-10,12,14,16,18-21H2,1-6H3,(H,36,37)/b23-13+,24-15-,25-17-/t26-,27+,28+,29-,30+,31-/m0/s1. The fraction of sp³-hybridized carbons (Fsp3) is 0.742. The van der Waals surface area contributed by atoms with Gasteiger partial charge in [0.05, 0.1) is 13.2 Å². The van der Waals surface area contributed by atoms with E-state index in [9.17, 15) is 29.9 Å². The lowest BCUT2D eigenvalue weighted by Crippen LogP contribution is -2.58. The van der Waals surface area contributed by atoms with E-state index < -0.39 is 45.1 Å². The number of ether oxygens (including phenoxy) is 1. The highest BCUT2D eigenvalue weighted by Crippen LogP contribution is 2.46. The third kappa shape index (κ3) is 16.3. The Morgan fingerprint density at radius 2 is 1.32 bits per heavy atom. The molecule has 1 heterocycles. The zero-order valence-electron chi connectivity index (χ0n) is 25.9. The number of phosphoric acid groups is 1. The molecule has 1 fully saturated rings. The van der Waals surface area contributed by atoms with Gasteiger partial charge in [-0.3, -0.25) is 9.05 Å². The molecule has 1 unspecified atom stereocenters. The SMILES string of the molecule is CC(C)=CCC/C(C)=C/CC/C(C)=C\CC/C(C)=C\CC[C@H](C)CCOP(=O)(O)O[C@@H]1O[C@H](CO)[C@@H](O)[C@H](O)[C@H]1O. The van der Waals surface area contributed by atoms with Gasteiger partial charge in [0, 0.05) is 0 Å². The lowest BCUT2D eigenvalue weighted by molar-refractivity contribution is -0.281. The summed E-state index contributed by atoms with van der Waals surface area (Å²) in [5.41, 5.74) is 5.61. The summed E-state index contributed by atoms with van der Waals surface area (Å²) in [6.45, 7) is 12.2. The summed E-state index contributed by atoms with van der Waals surface area (Å²) < 4.78 is 27.3. The van der Waals surface area contributed by atoms with Crippen LogP contribution >= 0.6 is 7.82 Å². The number of allylic oxidation sites excluding steroid dienone is 8. The molecule has 1 aliphatic heterocycles. The minimum absolute atomic E-state index is 0.0384. The molecule has 1 aliphatic rings. The molecule has 0 aromatic carbocycles. The fourth-order valence-electron chi connectivity index (χ4n) is 4.43. The van der Waals surface area contributed by atoms with Crippen LogP contribution in [0.3, 0.4) is 0 Å². The van der Waals surface area contributed by atoms with Crippen molar-refractivity contribution in [3.63, 3.8) is 0 Å². The van der Waals surface area contributed by atoms with Gasteiger partial charge in [-0.15, -0.1) is 0 Å². The number of hydrogen-bond donors (Lipinski definition) is 5. The summed E-state index contributed by atoms with van der Waals surface area (Å²) in [5.74, 6) is 0.243. The predicted molar refractivity (Wildman–Crippen MR) is 162 cm³/mol. The van der Waals surface area contributed by atoms with Crippen molar-refractivity contribution in [3.05, 3.63) is 46.6 Å². The molecular weight excluding hydrogens is 547 g/mol. The third-order valence-corrected chi connectivity index (χ3v) is 8.24. The van der Waals surface area contributed by atoms with Gasteiger partial charge in [0.1, 0.15) is 24.4 Å². The summed E-state index contributed by atoms with van der Waals surface area (Å²) in [5, 5.41) is 38.8. The van der Waals surface area contributed by atoms with Gasteiger partial charge in [0.25, 0.3) is 0 Å². The van der Waals surface area contributed by atoms with Crippen LogP contribution in [0.2, 0.25) is 0 Å². The Morgan fingerprint density at radius 1 is 0.805 bits per heavy atom. The van der Waals surface area contributed by atoms with Crippen molar-refractivity contribution >= 4 is 7.82 Å². The van der Waals surface area contributed by atoms with Crippen molar-refractivity contribution in [1.82, 2.24) is 0 Å². The summed E-state index contributed by atoms with van der Waals surface area (Å²) >= 11 is 0. The zero-order chi connectivity index (χ0) is 31.0. The highest BCUT2D eigenvalue weighted by molar-refractivity contribution is 7.47. The average Bonchev–Trinajstić information content (AvgIpc) is 2.88. The van der Waals surface area contributed by atoms with Crippen LogP contribution in [-0.2, 0) is 18.3 Å². The Labute approximate surface area is 247 Å². The van der Waals surface area contributed by atoms with Crippen LogP contribution < -0.4 is 0 Å². The van der Waals surface area contributed by atoms with E-state index in [1.165, 1.54) is 22.3 Å². The minimum Gasteiger partial charge on any atom is -0.394 e. The molecule has 0 bridgehead atoms. The average molecular weight is 603 g/mol. The van der Waals surface area contributed by atoms with E-state index in [0.717, 1.165) is 51.4 Å². The highest BCUT2D eigenvalue weighted by atomic mass is 31.2. The van der Waals surface area contributed by atoms with Crippen molar-refractivity contribution in [1.29, 1.82) is 0 Å². The largest absolute Gasteiger partial charge is 0.474 e. The van der Waals surface area contributed by atoms with E-state index in [-0.39, 0.29) is 12.5 Å². The molecule has 7 atom stereocenters. The Morgan fingerprint density at radius 3 is 1.83 bits per heavy atom. The van der Waals surface area contributed by atoms with Gasteiger partial charge < -0.3 is 30.1 Å². The smallest absolute Gasteiger partial charge is 0.394 e. The van der Waals surface area contributed by atoms with Gasteiger partial charge in [-0.05, 0) is 98.3 Å². The maximum atomic E-state index is 12.3. The second-order valence-corrected chi connectivity index (χ2v) is 13.0. The number of rotatable bonds is 19. The number of aliphatic hydroxyl groups excluding tert-OH is 4. The van der Waals surface area contributed by atoms with E-state index >= 15 is 0 Å². The summed E-state index contributed by atoms with van der Waals surface area (Å²) in [6.07, 6.45) is 10.0. The van der Waals surface area contributed by atoms with Crippen LogP contribution in [0.4, 0.5) is 0 Å². The van der Waals surface area contributed by atoms with E-state index in [1.54, 1.807) is 0 Å². The van der Waals surface area contributed by atoms with Crippen molar-refractivity contribution < 1.29 is 43.7 Å². The molecular formula is C31H55O9P. The number of aliphatic hydroxyl groups is 4. The van der Waals surface area contributed by atoms with E-state index in [4.69, 9.17) is 13.8 Å². The molecule has 1 rings (SSSR count). The lowest BCUT2D eigenvalue weighted by atomic mass is 10.00. The van der Waals surface area contributed by atoms with Gasteiger partial charge >= 0.3 is 7.82 Å². The molecule has 0 amide bonds. The molecule has 0 aliphatic carbocycles. The summed E-state index contributed by atoms with van der Waals surface area (Å²) in [7, 11) is -4.60. The van der Waals surface area contributed by atoms with Gasteiger partial charge in [-0.1, -0.05) is 53.5 Å². The second-order valence-electron chi connectivity index (χ2n) is 11.6. The van der Waals surface area contributed by atoms with E-state index in [0.29, 0.717) is 6.42 Å². The molecule has 41 heavy (non-hydrogen) atoms. The first-order chi connectivity index (χ1) is 19.3. The number of phosphoric ester groups is 1. The Hall–Kier alpha value is -1.13. The van der Waals surface area contributed by atoms with Crippen molar-refractivity contribution in [2.75, 3.05) is 13.2 Å². The number of hydrogen-bond acceptors (Lipinski definition) is 8. The quantitative estimate of drug-likeness (QED) is 0.0905. The van der Waals surface area contributed by atoms with Crippen LogP contribution in [0.25, 0.3) is 0 Å². The van der Waals surface area contributed by atoms with Crippen LogP contribution in [0, 0.1) is 5.92 Å². The van der Waals surface area contributed by atoms with Crippen LogP contribution in [0.1, 0.15) is 99.3 Å². The minimum atomic E-state index is -4.60. The first-order valence-corrected chi connectivity index (χ1v) is 16.3. The second kappa shape index (κ2) is 19.9. The van der Waals surface area contributed by atoms with E-state index in [1.807, 2.05) is 6.92 Å². The van der Waals surface area contributed by atoms with Crippen molar-refractivity contribution in [2.24, 2.45) is 5.92 Å². The maximum Gasteiger partial charge on any atom is 0.474 e. The summed E-state index contributed by atoms with van der Waals surface area (Å²) in [6, 6.07) is 0. The van der Waals surface area contributed by atoms with Crippen LogP contribution in [0.5, 0.6) is 0 Å². The topological polar surface area (TPSA) is 146 Å². The van der Waals surface area contributed by atoms with Crippen molar-refractivity contribution in [2.45, 2.75) is 130 Å². The molecule has 0 aromatic heterocycles. The first kappa shape index (κ1) is 37.9. The van der Waals surface area contributed by atoms with Crippen LogP contribution in [-0.4, -0.2) is 69.2 Å². The molecule has 0 aromatic rings. The molecule has 5 N–H and O–H groups in total. The van der Waals surface area contributed by atoms with Gasteiger partial charge in [0.15, 0.2) is 6.29 Å². The van der Waals surface area contributed by atoms with Gasteiger partial charge in [0.2, 0.25) is 0 Å². The predicted octanol–water partition coefficient (Wildman–Crippen LogP) is 5.87. The molecule has 1 saturated heterocycles.